The lowest BCUT2D eigenvalue weighted by Gasteiger charge is -2.01. The molecule has 0 aliphatic heterocycles. The lowest BCUT2D eigenvalue weighted by molar-refractivity contribution is 0.434. The number of nitrogen functional groups attached to an aromatic ring is 1. The fraction of sp³-hybridized carbons (Fsp3) is 0. The highest BCUT2D eigenvalue weighted by Crippen LogP contribution is 2.35. The molecule has 0 radical (unpaired) electrons. The first-order valence-electron chi connectivity index (χ1n) is 5.68. The van der Waals surface area contributed by atoms with Gasteiger partial charge in [-0.15, -0.1) is 0 Å². The van der Waals surface area contributed by atoms with E-state index in [4.69, 9.17) is 10.3 Å². The number of nitrogens with two attached hydrogens (primary N) is 1. The largest absolute Gasteiger partial charge is 0.380 e. The minimum atomic E-state index is -0.405. The predicted octanol–water partition coefficient (Wildman–Crippen LogP) is 3.12. The average molecular weight is 255 g/mol. The van der Waals surface area contributed by atoms with Gasteiger partial charge in [-0.05, 0) is 17.7 Å². The van der Waals surface area contributed by atoms with E-state index in [0.717, 1.165) is 11.8 Å². The van der Waals surface area contributed by atoms with Gasteiger partial charge < -0.3 is 10.3 Å². The fourth-order valence-corrected chi connectivity index (χ4v) is 1.87. The van der Waals surface area contributed by atoms with Gasteiger partial charge in [-0.3, -0.25) is 0 Å². The first-order valence-corrected chi connectivity index (χ1v) is 5.68. The summed E-state index contributed by atoms with van der Waals surface area (Å²) in [6, 6.07) is 12.3. The van der Waals surface area contributed by atoms with Crippen LogP contribution in [0.2, 0.25) is 0 Å². The molecule has 3 rings (SSSR count). The number of benzene rings is 1. The zero-order valence-corrected chi connectivity index (χ0v) is 9.88. The van der Waals surface area contributed by atoms with Crippen molar-refractivity contribution in [1.29, 1.82) is 0 Å². The Balaban J connectivity index is 2.16. The van der Waals surface area contributed by atoms with E-state index in [1.54, 1.807) is 0 Å². The quantitative estimate of drug-likeness (QED) is 0.764. The van der Waals surface area contributed by atoms with Crippen molar-refractivity contribution in [2.45, 2.75) is 0 Å². The third kappa shape index (κ3) is 2.06. The molecular formula is C14H10FN3O. The Bertz CT molecular complexity index is 692. The van der Waals surface area contributed by atoms with E-state index >= 15 is 0 Å². The number of anilines is 1. The van der Waals surface area contributed by atoms with Crippen LogP contribution in [0.25, 0.3) is 22.6 Å². The van der Waals surface area contributed by atoms with Gasteiger partial charge in [-0.1, -0.05) is 35.5 Å². The van der Waals surface area contributed by atoms with Gasteiger partial charge in [0, 0.05) is 0 Å². The monoisotopic (exact) mass is 255 g/mol. The highest BCUT2D eigenvalue weighted by Gasteiger charge is 2.18. The van der Waals surface area contributed by atoms with E-state index in [-0.39, 0.29) is 5.82 Å². The Labute approximate surface area is 108 Å². The number of halogens is 1. The molecule has 0 unspecified atom stereocenters. The first kappa shape index (κ1) is 11.4. The summed E-state index contributed by atoms with van der Waals surface area (Å²) in [6.45, 7) is 0. The molecule has 0 bridgehead atoms. The zero-order chi connectivity index (χ0) is 13.2. The highest BCUT2D eigenvalue weighted by atomic mass is 19.1. The number of hydrogen-bond donors (Lipinski definition) is 1. The number of rotatable bonds is 2. The van der Waals surface area contributed by atoms with Crippen LogP contribution in [0.3, 0.4) is 0 Å². The van der Waals surface area contributed by atoms with Gasteiger partial charge in [0.05, 0.1) is 11.8 Å². The lowest BCUT2D eigenvalue weighted by Crippen LogP contribution is -1.90. The molecule has 0 atom stereocenters. The molecule has 0 amide bonds. The third-order valence-electron chi connectivity index (χ3n) is 2.74. The molecule has 0 aliphatic carbocycles. The minimum Gasteiger partial charge on any atom is -0.380 e. The van der Waals surface area contributed by atoms with Gasteiger partial charge in [0.15, 0.2) is 11.6 Å². The Kier molecular flexibility index (Phi) is 2.72. The summed E-state index contributed by atoms with van der Waals surface area (Å²) in [5.41, 5.74) is 7.87. The van der Waals surface area contributed by atoms with Crippen LogP contribution in [0.1, 0.15) is 0 Å². The summed E-state index contributed by atoms with van der Waals surface area (Å²) in [5.74, 6) is 0.313. The summed E-state index contributed by atoms with van der Waals surface area (Å²) < 4.78 is 18.1. The van der Waals surface area contributed by atoms with Crippen LogP contribution in [0.15, 0.2) is 53.2 Å². The van der Waals surface area contributed by atoms with Crippen molar-refractivity contribution in [3.63, 3.8) is 0 Å². The molecule has 1 aromatic carbocycles. The molecule has 0 aliphatic rings. The van der Waals surface area contributed by atoms with Crippen molar-refractivity contribution >= 4 is 5.82 Å². The van der Waals surface area contributed by atoms with Crippen molar-refractivity contribution in [3.05, 3.63) is 54.5 Å². The van der Waals surface area contributed by atoms with E-state index in [9.17, 15) is 4.39 Å². The maximum atomic E-state index is 12.9. The summed E-state index contributed by atoms with van der Waals surface area (Å²) in [7, 11) is 0. The van der Waals surface area contributed by atoms with Crippen molar-refractivity contribution in [3.8, 4) is 22.6 Å². The second kappa shape index (κ2) is 4.53. The maximum Gasteiger partial charge on any atom is 0.195 e. The lowest BCUT2D eigenvalue weighted by atomic mass is 10.0. The van der Waals surface area contributed by atoms with E-state index in [1.807, 2.05) is 30.3 Å². The predicted molar refractivity (Wildman–Crippen MR) is 69.5 cm³/mol. The van der Waals surface area contributed by atoms with Crippen molar-refractivity contribution in [2.75, 3.05) is 5.73 Å². The summed E-state index contributed by atoms with van der Waals surface area (Å²) in [4.78, 5) is 3.98. The van der Waals surface area contributed by atoms with E-state index in [0.29, 0.717) is 17.0 Å². The number of nitrogens with zero attached hydrogens (tertiary/aromatic N) is 2. The van der Waals surface area contributed by atoms with Crippen LogP contribution in [0, 0.1) is 5.82 Å². The zero-order valence-electron chi connectivity index (χ0n) is 9.88. The van der Waals surface area contributed by atoms with E-state index in [2.05, 4.69) is 10.1 Å². The fourth-order valence-electron chi connectivity index (χ4n) is 1.87. The van der Waals surface area contributed by atoms with Gasteiger partial charge >= 0.3 is 0 Å². The second-order valence-corrected chi connectivity index (χ2v) is 4.00. The molecule has 2 heterocycles. The van der Waals surface area contributed by atoms with Crippen LogP contribution in [-0.2, 0) is 0 Å². The van der Waals surface area contributed by atoms with Crippen molar-refractivity contribution in [1.82, 2.24) is 10.1 Å². The molecule has 4 nitrogen and oxygen atoms in total. The number of pyridine rings is 1. The molecule has 94 valence electrons. The van der Waals surface area contributed by atoms with Crippen LogP contribution in [-0.4, -0.2) is 10.1 Å². The van der Waals surface area contributed by atoms with Crippen LogP contribution in [0.4, 0.5) is 10.2 Å². The highest BCUT2D eigenvalue weighted by molar-refractivity contribution is 5.85. The molecule has 2 aromatic heterocycles. The molecule has 3 aromatic rings. The van der Waals surface area contributed by atoms with Gasteiger partial charge in [0.25, 0.3) is 0 Å². The molecular weight excluding hydrogens is 245 g/mol. The second-order valence-electron chi connectivity index (χ2n) is 4.00. The van der Waals surface area contributed by atoms with Gasteiger partial charge in [0.1, 0.15) is 11.5 Å². The first-order chi connectivity index (χ1) is 9.25. The Morgan fingerprint density at radius 3 is 2.53 bits per heavy atom. The van der Waals surface area contributed by atoms with Gasteiger partial charge in [-0.25, -0.2) is 9.37 Å². The molecule has 0 fully saturated rings. The summed E-state index contributed by atoms with van der Waals surface area (Å²) >= 11 is 0. The third-order valence-corrected chi connectivity index (χ3v) is 2.74. The van der Waals surface area contributed by atoms with Crippen LogP contribution >= 0.6 is 0 Å². The maximum absolute atomic E-state index is 12.9. The minimum absolute atomic E-state index is 0.285. The molecule has 19 heavy (non-hydrogen) atoms. The molecule has 5 heteroatoms. The Morgan fingerprint density at radius 1 is 1.05 bits per heavy atom. The number of aromatic nitrogens is 2. The average Bonchev–Trinajstić information content (AvgIpc) is 2.82. The standard InChI is InChI=1S/C14H10FN3O/c15-10-6-7-11(17-8-10)13-12(14(16)18-19-13)9-4-2-1-3-5-9/h1-8H,(H2,16,18). The SMILES string of the molecule is Nc1noc(-c2ccc(F)cn2)c1-c1ccccc1. The molecule has 2 N–H and O–H groups in total. The van der Waals surface area contributed by atoms with Crippen molar-refractivity contribution < 1.29 is 8.91 Å². The molecule has 0 saturated heterocycles. The van der Waals surface area contributed by atoms with E-state index < -0.39 is 5.82 Å². The molecule has 0 spiro atoms. The van der Waals surface area contributed by atoms with Crippen molar-refractivity contribution in [2.24, 2.45) is 0 Å². The van der Waals surface area contributed by atoms with Crippen LogP contribution < -0.4 is 5.73 Å². The topological polar surface area (TPSA) is 64.9 Å². The van der Waals surface area contributed by atoms with Gasteiger partial charge in [-0.2, -0.15) is 0 Å². The van der Waals surface area contributed by atoms with Crippen LogP contribution in [0.5, 0.6) is 0 Å². The van der Waals surface area contributed by atoms with E-state index in [1.165, 1.54) is 12.1 Å². The normalized spacial score (nSPS) is 10.6. The molecule has 0 saturated carbocycles. The smallest absolute Gasteiger partial charge is 0.195 e. The Hall–Kier alpha value is -2.69. The number of hydrogen-bond acceptors (Lipinski definition) is 4. The summed E-state index contributed by atoms with van der Waals surface area (Å²) in [5, 5.41) is 3.76. The summed E-state index contributed by atoms with van der Waals surface area (Å²) in [6.07, 6.45) is 1.13. The Morgan fingerprint density at radius 2 is 1.84 bits per heavy atom. The van der Waals surface area contributed by atoms with Gasteiger partial charge in [0.2, 0.25) is 0 Å².